The van der Waals surface area contributed by atoms with Crippen molar-refractivity contribution in [3.63, 3.8) is 0 Å². The highest BCUT2D eigenvalue weighted by molar-refractivity contribution is 7.99. The lowest BCUT2D eigenvalue weighted by molar-refractivity contribution is -0.117. The Balaban J connectivity index is 1.97. The van der Waals surface area contributed by atoms with Gasteiger partial charge in [-0.25, -0.2) is 4.98 Å². The van der Waals surface area contributed by atoms with Gasteiger partial charge in [0.25, 0.3) is 0 Å². The number of primary amides is 1. The maximum atomic E-state index is 10.9. The molecule has 2 heterocycles. The third-order valence-electron chi connectivity index (χ3n) is 2.20. The van der Waals surface area contributed by atoms with Crippen molar-refractivity contribution in [2.24, 2.45) is 5.73 Å². The number of thiazole rings is 1. The summed E-state index contributed by atoms with van der Waals surface area (Å²) in [5, 5.41) is 7.03. The third-order valence-corrected chi connectivity index (χ3v) is 5.02. The van der Waals surface area contributed by atoms with Gasteiger partial charge in [0.15, 0.2) is 0 Å². The molecule has 1 amide bonds. The van der Waals surface area contributed by atoms with Crippen molar-refractivity contribution >= 4 is 40.3 Å². The Kier molecular flexibility index (Phi) is 4.20. The minimum absolute atomic E-state index is 0.165. The van der Waals surface area contributed by atoms with Gasteiger partial charge >= 0.3 is 0 Å². The molecule has 0 aliphatic rings. The summed E-state index contributed by atoms with van der Waals surface area (Å²) in [4.78, 5) is 15.4. The maximum Gasteiger partial charge on any atom is 0.230 e. The molecule has 0 fully saturated rings. The summed E-state index contributed by atoms with van der Waals surface area (Å²) in [5.74, 6) is 0.452. The average molecular weight is 284 g/mol. The summed E-state index contributed by atoms with van der Waals surface area (Å²) in [6, 6.07) is 2.06. The molecule has 0 radical (unpaired) electrons. The molecule has 0 saturated carbocycles. The van der Waals surface area contributed by atoms with Gasteiger partial charge in [0.05, 0.1) is 10.9 Å². The van der Waals surface area contributed by atoms with Crippen LogP contribution in [0.2, 0.25) is 0 Å². The maximum absolute atomic E-state index is 10.9. The lowest BCUT2D eigenvalue weighted by atomic mass is 10.4. The van der Waals surface area contributed by atoms with Gasteiger partial charge in [-0.2, -0.15) is 11.3 Å². The van der Waals surface area contributed by atoms with E-state index < -0.39 is 0 Å². The second-order valence-corrected chi connectivity index (χ2v) is 6.48. The van der Waals surface area contributed by atoms with Crippen molar-refractivity contribution in [2.75, 3.05) is 0 Å². The zero-order valence-corrected chi connectivity index (χ0v) is 11.7. The number of thioether (sulfide) groups is 1. The molecule has 2 N–H and O–H groups in total. The Morgan fingerprint density at radius 3 is 3.06 bits per heavy atom. The van der Waals surface area contributed by atoms with E-state index in [0.717, 1.165) is 16.5 Å². The monoisotopic (exact) mass is 284 g/mol. The van der Waals surface area contributed by atoms with Crippen LogP contribution in [0.1, 0.15) is 12.6 Å². The fourth-order valence-corrected chi connectivity index (χ4v) is 3.55. The molecule has 3 nitrogen and oxygen atoms in total. The third kappa shape index (κ3) is 3.31. The first-order valence-electron chi connectivity index (χ1n) is 5.04. The Morgan fingerprint density at radius 2 is 2.41 bits per heavy atom. The highest BCUT2D eigenvalue weighted by Crippen LogP contribution is 2.27. The first kappa shape index (κ1) is 12.6. The summed E-state index contributed by atoms with van der Waals surface area (Å²) in [6.45, 7) is 1.82. The summed E-state index contributed by atoms with van der Waals surface area (Å²) in [6.07, 6.45) is 0. The molecule has 1 atom stereocenters. The van der Waals surface area contributed by atoms with Crippen molar-refractivity contribution in [1.82, 2.24) is 4.98 Å². The van der Waals surface area contributed by atoms with E-state index in [0.29, 0.717) is 0 Å². The molecule has 0 aliphatic carbocycles. The van der Waals surface area contributed by atoms with Crippen LogP contribution in [0.25, 0.3) is 10.6 Å². The normalized spacial score (nSPS) is 12.5. The number of hydrogen-bond acceptors (Lipinski definition) is 5. The van der Waals surface area contributed by atoms with Crippen LogP contribution in [0, 0.1) is 0 Å². The van der Waals surface area contributed by atoms with E-state index in [1.54, 1.807) is 22.7 Å². The van der Waals surface area contributed by atoms with E-state index in [2.05, 4.69) is 16.4 Å². The largest absolute Gasteiger partial charge is 0.369 e. The van der Waals surface area contributed by atoms with E-state index in [4.69, 9.17) is 5.73 Å². The van der Waals surface area contributed by atoms with Crippen molar-refractivity contribution in [3.8, 4) is 10.6 Å². The standard InChI is InChI=1S/C11H12N2OS3/c1-7(10(12)14)16-5-9-6-17-11(13-9)8-2-3-15-4-8/h2-4,6-7H,5H2,1H3,(H2,12,14)/t7-/m0/s1. The molecule has 0 aromatic carbocycles. The van der Waals surface area contributed by atoms with E-state index in [9.17, 15) is 4.79 Å². The zero-order chi connectivity index (χ0) is 12.3. The van der Waals surface area contributed by atoms with E-state index in [1.165, 1.54) is 17.3 Å². The molecule has 17 heavy (non-hydrogen) atoms. The van der Waals surface area contributed by atoms with Crippen LogP contribution in [0.5, 0.6) is 0 Å². The van der Waals surface area contributed by atoms with Crippen LogP contribution in [-0.2, 0) is 10.5 Å². The zero-order valence-electron chi connectivity index (χ0n) is 9.25. The molecule has 2 aromatic rings. The van der Waals surface area contributed by atoms with Gasteiger partial charge in [-0.3, -0.25) is 4.79 Å². The molecule has 2 rings (SSSR count). The lowest BCUT2D eigenvalue weighted by Crippen LogP contribution is -2.22. The molecule has 6 heteroatoms. The number of aromatic nitrogens is 1. The molecule has 0 saturated heterocycles. The van der Waals surface area contributed by atoms with Crippen LogP contribution in [0.4, 0.5) is 0 Å². The highest BCUT2D eigenvalue weighted by Gasteiger charge is 2.11. The molecular weight excluding hydrogens is 272 g/mol. The Bertz CT molecular complexity index is 493. The van der Waals surface area contributed by atoms with Gasteiger partial charge in [0.1, 0.15) is 5.01 Å². The van der Waals surface area contributed by atoms with E-state index >= 15 is 0 Å². The van der Waals surface area contributed by atoms with Gasteiger partial charge < -0.3 is 5.73 Å². The Morgan fingerprint density at radius 1 is 1.59 bits per heavy atom. The minimum atomic E-state index is -0.275. The summed E-state index contributed by atoms with van der Waals surface area (Å²) in [5.41, 5.74) is 7.38. The quantitative estimate of drug-likeness (QED) is 0.918. The summed E-state index contributed by atoms with van der Waals surface area (Å²) >= 11 is 4.82. The van der Waals surface area contributed by atoms with Crippen molar-refractivity contribution in [1.29, 1.82) is 0 Å². The van der Waals surface area contributed by atoms with Gasteiger partial charge in [-0.15, -0.1) is 23.1 Å². The van der Waals surface area contributed by atoms with Gasteiger partial charge in [-0.05, 0) is 18.4 Å². The summed E-state index contributed by atoms with van der Waals surface area (Å²) in [7, 11) is 0. The molecular formula is C11H12N2OS3. The summed E-state index contributed by atoms with van der Waals surface area (Å²) < 4.78 is 0. The van der Waals surface area contributed by atoms with E-state index in [1.807, 2.05) is 17.7 Å². The lowest BCUT2D eigenvalue weighted by Gasteiger charge is -2.04. The van der Waals surface area contributed by atoms with Crippen LogP contribution in [0.3, 0.4) is 0 Å². The van der Waals surface area contributed by atoms with Crippen molar-refractivity contribution in [3.05, 3.63) is 27.9 Å². The predicted molar refractivity (Wildman–Crippen MR) is 75.4 cm³/mol. The fraction of sp³-hybridized carbons (Fsp3) is 0.273. The molecule has 0 aliphatic heterocycles. The smallest absolute Gasteiger partial charge is 0.230 e. The predicted octanol–water partition coefficient (Wildman–Crippen LogP) is 2.98. The molecule has 2 aromatic heterocycles. The number of nitrogens with zero attached hydrogens (tertiary/aromatic N) is 1. The fourth-order valence-electron chi connectivity index (χ4n) is 1.18. The van der Waals surface area contributed by atoms with E-state index in [-0.39, 0.29) is 11.2 Å². The van der Waals surface area contributed by atoms with Crippen LogP contribution >= 0.6 is 34.4 Å². The number of amides is 1. The van der Waals surface area contributed by atoms with Gasteiger partial charge in [0, 0.05) is 22.1 Å². The van der Waals surface area contributed by atoms with Gasteiger partial charge in [-0.1, -0.05) is 0 Å². The second kappa shape index (κ2) is 5.66. The van der Waals surface area contributed by atoms with Crippen LogP contribution in [0.15, 0.2) is 22.2 Å². The van der Waals surface area contributed by atoms with Crippen molar-refractivity contribution < 1.29 is 4.79 Å². The Labute approximate surface area is 112 Å². The van der Waals surface area contributed by atoms with Crippen LogP contribution in [-0.4, -0.2) is 16.1 Å². The first-order chi connectivity index (χ1) is 8.16. The number of carbonyl (C=O) groups is 1. The van der Waals surface area contributed by atoms with Crippen molar-refractivity contribution in [2.45, 2.75) is 17.9 Å². The van der Waals surface area contributed by atoms with Crippen LogP contribution < -0.4 is 5.73 Å². The number of hydrogen-bond donors (Lipinski definition) is 1. The van der Waals surface area contributed by atoms with Gasteiger partial charge in [0.2, 0.25) is 5.91 Å². The highest BCUT2D eigenvalue weighted by atomic mass is 32.2. The minimum Gasteiger partial charge on any atom is -0.369 e. The SMILES string of the molecule is C[C@H](SCc1csc(-c2ccsc2)n1)C(N)=O. The topological polar surface area (TPSA) is 56.0 Å². The molecule has 0 bridgehead atoms. The number of nitrogens with two attached hydrogens (primary N) is 1. The molecule has 0 spiro atoms. The second-order valence-electron chi connectivity index (χ2n) is 3.51. The number of carbonyl (C=O) groups excluding carboxylic acids is 1. The Hall–Kier alpha value is -0.850. The first-order valence-corrected chi connectivity index (χ1v) is 7.92. The molecule has 90 valence electrons. The number of rotatable bonds is 5. The average Bonchev–Trinajstić information content (AvgIpc) is 2.95. The molecule has 0 unspecified atom stereocenters. The number of thiophene rings is 1.